The van der Waals surface area contributed by atoms with Crippen molar-refractivity contribution in [1.82, 2.24) is 4.90 Å². The summed E-state index contributed by atoms with van der Waals surface area (Å²) < 4.78 is 75.9. The molecule has 1 saturated heterocycles. The van der Waals surface area contributed by atoms with E-state index >= 15 is 0 Å². The second kappa shape index (κ2) is 12.2. The van der Waals surface area contributed by atoms with Crippen LogP contribution in [0.5, 0.6) is 5.75 Å². The number of anilines is 1. The fourth-order valence-corrected chi connectivity index (χ4v) is 6.97. The lowest BCUT2D eigenvalue weighted by Gasteiger charge is -2.38. The normalized spacial score (nSPS) is 17.2. The van der Waals surface area contributed by atoms with Gasteiger partial charge in [0.25, 0.3) is 10.0 Å². The first-order chi connectivity index (χ1) is 20.7. The van der Waals surface area contributed by atoms with E-state index in [1.54, 1.807) is 25.1 Å². The van der Waals surface area contributed by atoms with Gasteiger partial charge in [-0.15, -0.1) is 0 Å². The predicted molar refractivity (Wildman–Crippen MR) is 159 cm³/mol. The average Bonchev–Trinajstić information content (AvgIpc) is 2.93. The van der Waals surface area contributed by atoms with Crippen molar-refractivity contribution in [3.63, 3.8) is 0 Å². The van der Waals surface area contributed by atoms with Crippen LogP contribution in [0, 0.1) is 12.8 Å². The van der Waals surface area contributed by atoms with Crippen LogP contribution in [0.4, 0.5) is 18.9 Å². The molecule has 232 valence electrons. The van der Waals surface area contributed by atoms with Crippen molar-refractivity contribution in [3.05, 3.63) is 87.9 Å². The molecule has 2 aliphatic rings. The summed E-state index contributed by atoms with van der Waals surface area (Å²) in [5.41, 5.74) is 0.206. The van der Waals surface area contributed by atoms with Crippen molar-refractivity contribution in [3.8, 4) is 5.75 Å². The average molecular weight is 649 g/mol. The van der Waals surface area contributed by atoms with E-state index in [2.05, 4.69) is 0 Å². The van der Waals surface area contributed by atoms with Crippen LogP contribution in [0.3, 0.4) is 0 Å². The molecule has 1 N–H and O–H groups in total. The number of aryl methyl sites for hydroxylation is 1. The van der Waals surface area contributed by atoms with Crippen molar-refractivity contribution in [2.45, 2.75) is 36.9 Å². The summed E-state index contributed by atoms with van der Waals surface area (Å²) in [5.74, 6) is -1.57. The SMILES string of the molecule is Cc1cccc(S(=O)(=O)N2C[C@H](CCC(=O)N3CC(C(=O)O)C3)Oc3ccc(/C=C/c4c(Cl)cccc4C(F)(F)F)cc32)c1. The van der Waals surface area contributed by atoms with E-state index in [9.17, 15) is 31.2 Å². The molecule has 5 rings (SSSR count). The third kappa shape index (κ3) is 6.56. The number of carboxylic acid groups (broad SMARTS) is 1. The second-order valence-corrected chi connectivity index (χ2v) is 13.0. The first-order valence-electron chi connectivity index (χ1n) is 13.7. The molecule has 2 heterocycles. The van der Waals surface area contributed by atoms with Gasteiger partial charge in [0.05, 0.1) is 28.6 Å². The Morgan fingerprint density at radius 1 is 1.05 bits per heavy atom. The van der Waals surface area contributed by atoms with Gasteiger partial charge in [-0.05, 0) is 60.9 Å². The number of carbonyl (C=O) groups is 2. The van der Waals surface area contributed by atoms with Crippen LogP contribution in [-0.4, -0.2) is 56.0 Å². The van der Waals surface area contributed by atoms with Crippen LogP contribution in [0.15, 0.2) is 65.6 Å². The number of carbonyl (C=O) groups excluding carboxylic acids is 1. The van der Waals surface area contributed by atoms with Gasteiger partial charge in [-0.1, -0.05) is 48.0 Å². The van der Waals surface area contributed by atoms with Gasteiger partial charge in [0, 0.05) is 30.1 Å². The highest BCUT2D eigenvalue weighted by molar-refractivity contribution is 7.92. The molecule has 0 unspecified atom stereocenters. The number of benzene rings is 3. The van der Waals surface area contributed by atoms with Crippen LogP contribution in [0.1, 0.15) is 35.1 Å². The molecule has 0 spiro atoms. The summed E-state index contributed by atoms with van der Waals surface area (Å²) in [4.78, 5) is 25.2. The van der Waals surface area contributed by atoms with Gasteiger partial charge in [0.15, 0.2) is 0 Å². The van der Waals surface area contributed by atoms with Gasteiger partial charge < -0.3 is 14.7 Å². The molecule has 3 aromatic rings. The Labute approximate surface area is 257 Å². The molecule has 44 heavy (non-hydrogen) atoms. The number of alkyl halides is 3. The first kappa shape index (κ1) is 31.4. The van der Waals surface area contributed by atoms with Crippen molar-refractivity contribution >= 4 is 51.3 Å². The van der Waals surface area contributed by atoms with Crippen molar-refractivity contribution in [2.75, 3.05) is 23.9 Å². The monoisotopic (exact) mass is 648 g/mol. The van der Waals surface area contributed by atoms with Gasteiger partial charge >= 0.3 is 12.1 Å². The van der Waals surface area contributed by atoms with Crippen LogP contribution in [0.2, 0.25) is 5.02 Å². The van der Waals surface area contributed by atoms with Crippen molar-refractivity contribution in [1.29, 1.82) is 0 Å². The van der Waals surface area contributed by atoms with Gasteiger partial charge in [-0.2, -0.15) is 13.2 Å². The number of hydrogen-bond donors (Lipinski definition) is 1. The number of hydrogen-bond acceptors (Lipinski definition) is 5. The summed E-state index contributed by atoms with van der Waals surface area (Å²) in [6.45, 7) is 1.90. The minimum absolute atomic E-state index is 0.0326. The third-order valence-electron chi connectivity index (χ3n) is 7.56. The molecule has 1 fully saturated rings. The summed E-state index contributed by atoms with van der Waals surface area (Å²) in [6, 6.07) is 14.5. The Morgan fingerprint density at radius 2 is 1.77 bits per heavy atom. The van der Waals surface area contributed by atoms with Crippen molar-refractivity contribution < 1.29 is 41.0 Å². The molecule has 1 atom stereocenters. The molecule has 0 aliphatic carbocycles. The molecule has 0 radical (unpaired) electrons. The molecule has 13 heteroatoms. The highest BCUT2D eigenvalue weighted by Crippen LogP contribution is 2.40. The number of ether oxygens (including phenoxy) is 1. The van der Waals surface area contributed by atoms with Crippen molar-refractivity contribution in [2.24, 2.45) is 5.92 Å². The maximum atomic E-state index is 13.9. The van der Waals surface area contributed by atoms with Crippen LogP contribution < -0.4 is 9.04 Å². The van der Waals surface area contributed by atoms with E-state index in [0.29, 0.717) is 5.56 Å². The molecule has 0 saturated carbocycles. The highest BCUT2D eigenvalue weighted by atomic mass is 35.5. The van der Waals surface area contributed by atoms with Crippen LogP contribution in [-0.2, 0) is 25.8 Å². The van der Waals surface area contributed by atoms with E-state index in [1.807, 2.05) is 0 Å². The number of sulfonamides is 1. The van der Waals surface area contributed by atoms with E-state index in [1.165, 1.54) is 57.8 Å². The Balaban J connectivity index is 1.44. The maximum absolute atomic E-state index is 13.9. The maximum Gasteiger partial charge on any atom is 0.417 e. The number of carboxylic acids is 1. The number of aliphatic carboxylic acids is 1. The zero-order valence-electron chi connectivity index (χ0n) is 23.4. The lowest BCUT2D eigenvalue weighted by Crippen LogP contribution is -2.53. The number of rotatable bonds is 8. The summed E-state index contributed by atoms with van der Waals surface area (Å²) in [7, 11) is -4.11. The fraction of sp³-hybridized carbons (Fsp3) is 0.290. The highest BCUT2D eigenvalue weighted by Gasteiger charge is 2.38. The van der Waals surface area contributed by atoms with Crippen LogP contribution in [0.25, 0.3) is 12.2 Å². The number of halogens is 4. The quantitative estimate of drug-likeness (QED) is 0.295. The molecular weight excluding hydrogens is 621 g/mol. The summed E-state index contributed by atoms with van der Waals surface area (Å²) in [6.07, 6.45) is -2.46. The number of amides is 1. The van der Waals surface area contributed by atoms with Gasteiger partial charge in [-0.25, -0.2) is 8.42 Å². The van der Waals surface area contributed by atoms with E-state index < -0.39 is 39.8 Å². The topological polar surface area (TPSA) is 104 Å². The van der Waals surface area contributed by atoms with Gasteiger partial charge in [0.2, 0.25) is 5.91 Å². The number of likely N-dealkylation sites (tertiary alicyclic amines) is 1. The predicted octanol–water partition coefficient (Wildman–Crippen LogP) is 6.12. The summed E-state index contributed by atoms with van der Waals surface area (Å²) >= 11 is 6.09. The number of nitrogens with zero attached hydrogens (tertiary/aromatic N) is 2. The molecule has 0 aromatic heterocycles. The molecule has 0 bridgehead atoms. The fourth-order valence-electron chi connectivity index (χ4n) is 5.13. The molecule has 2 aliphatic heterocycles. The molecule has 8 nitrogen and oxygen atoms in total. The third-order valence-corrected chi connectivity index (χ3v) is 9.66. The molecule has 1 amide bonds. The Kier molecular flexibility index (Phi) is 8.68. The second-order valence-electron chi connectivity index (χ2n) is 10.7. The standard InChI is InChI=1S/C31H28ClF3N2O6S/c1-19-4-2-5-23(14-19)44(41,42)37-18-22(10-13-29(38)36-16-21(17-36)30(39)40)43-28-12-9-20(15-27(28)37)8-11-24-25(31(33,34)35)6-3-7-26(24)32/h2-9,11-12,14-15,21-22H,10,13,16-18H2,1H3,(H,39,40)/b11-8+/t22-/m0/s1. The van der Waals surface area contributed by atoms with E-state index in [4.69, 9.17) is 21.4 Å². The Morgan fingerprint density at radius 3 is 2.45 bits per heavy atom. The first-order valence-corrected chi connectivity index (χ1v) is 15.5. The molecular formula is C31H28ClF3N2O6S. The molecule has 3 aromatic carbocycles. The minimum Gasteiger partial charge on any atom is -0.486 e. The van der Waals surface area contributed by atoms with Gasteiger partial charge in [-0.3, -0.25) is 13.9 Å². The smallest absolute Gasteiger partial charge is 0.417 e. The van der Waals surface area contributed by atoms with Gasteiger partial charge in [0.1, 0.15) is 11.9 Å². The zero-order valence-corrected chi connectivity index (χ0v) is 25.0. The number of fused-ring (bicyclic) bond motifs is 1. The Bertz CT molecular complexity index is 1740. The largest absolute Gasteiger partial charge is 0.486 e. The van der Waals surface area contributed by atoms with E-state index in [0.717, 1.165) is 11.6 Å². The Hall–Kier alpha value is -4.03. The van der Waals surface area contributed by atoms with E-state index in [-0.39, 0.29) is 65.3 Å². The van der Waals surface area contributed by atoms with Crippen LogP contribution >= 0.6 is 11.6 Å². The lowest BCUT2D eigenvalue weighted by atomic mass is 9.99. The minimum atomic E-state index is -4.63. The summed E-state index contributed by atoms with van der Waals surface area (Å²) in [5, 5.41) is 8.98. The zero-order chi connectivity index (χ0) is 31.8. The lowest BCUT2D eigenvalue weighted by molar-refractivity contribution is -0.153.